The third-order valence-corrected chi connectivity index (χ3v) is 5.94. The summed E-state index contributed by atoms with van der Waals surface area (Å²) >= 11 is 6.23. The number of halogens is 2. The van der Waals surface area contributed by atoms with Crippen LogP contribution in [0.15, 0.2) is 42.5 Å². The minimum atomic E-state index is -1.03. The Hall–Kier alpha value is -1.88. The Labute approximate surface area is 163 Å². The monoisotopic (exact) mass is 386 g/mol. The van der Waals surface area contributed by atoms with Crippen molar-refractivity contribution in [3.8, 4) is 0 Å². The van der Waals surface area contributed by atoms with Crippen molar-refractivity contribution >= 4 is 22.5 Å². The van der Waals surface area contributed by atoms with Crippen LogP contribution >= 0.6 is 11.6 Å². The predicted octanol–water partition coefficient (Wildman–Crippen LogP) is 5.18. The Morgan fingerprint density at radius 1 is 1.26 bits per heavy atom. The maximum absolute atomic E-state index is 13.3. The van der Waals surface area contributed by atoms with Crippen LogP contribution in [0, 0.1) is 5.82 Å². The zero-order valence-electron chi connectivity index (χ0n) is 15.6. The molecule has 2 heterocycles. The number of aromatic amines is 1. The molecule has 2 aromatic carbocycles. The first-order valence-corrected chi connectivity index (χ1v) is 9.68. The van der Waals surface area contributed by atoms with Crippen LogP contribution in [0.2, 0.25) is 5.02 Å². The highest BCUT2D eigenvalue weighted by Crippen LogP contribution is 2.40. The highest BCUT2D eigenvalue weighted by atomic mass is 35.5. The van der Waals surface area contributed by atoms with Gasteiger partial charge in [0.1, 0.15) is 5.82 Å². The molecule has 0 aliphatic carbocycles. The highest BCUT2D eigenvalue weighted by molar-refractivity contribution is 6.31. The first kappa shape index (κ1) is 18.5. The van der Waals surface area contributed by atoms with Crippen LogP contribution in [0.5, 0.6) is 0 Å². The van der Waals surface area contributed by atoms with E-state index in [-0.39, 0.29) is 11.7 Å². The van der Waals surface area contributed by atoms with Gasteiger partial charge in [-0.2, -0.15) is 0 Å². The maximum Gasteiger partial charge on any atom is 0.123 e. The minimum Gasteiger partial charge on any atom is -0.385 e. The summed E-state index contributed by atoms with van der Waals surface area (Å²) in [6, 6.07) is 12.1. The molecule has 0 spiro atoms. The van der Waals surface area contributed by atoms with Gasteiger partial charge in [0, 0.05) is 34.1 Å². The number of hydrogen-bond donors (Lipinski definition) is 2. The molecule has 0 radical (unpaired) electrons. The van der Waals surface area contributed by atoms with E-state index in [1.165, 1.54) is 23.4 Å². The van der Waals surface area contributed by atoms with E-state index in [0.717, 1.165) is 41.0 Å². The Morgan fingerprint density at radius 2 is 2.00 bits per heavy atom. The largest absolute Gasteiger partial charge is 0.385 e. The maximum atomic E-state index is 13.3. The number of aliphatic hydroxyl groups is 1. The number of nitrogens with zero attached hydrogens (tertiary/aromatic N) is 1. The smallest absolute Gasteiger partial charge is 0.123 e. The van der Waals surface area contributed by atoms with Gasteiger partial charge in [-0.1, -0.05) is 23.7 Å². The molecule has 1 aliphatic rings. The van der Waals surface area contributed by atoms with Gasteiger partial charge in [-0.3, -0.25) is 0 Å². The zero-order chi connectivity index (χ0) is 19.2. The molecule has 0 saturated heterocycles. The van der Waals surface area contributed by atoms with Gasteiger partial charge >= 0.3 is 0 Å². The van der Waals surface area contributed by atoms with Crippen molar-refractivity contribution in [3.63, 3.8) is 0 Å². The van der Waals surface area contributed by atoms with Gasteiger partial charge < -0.3 is 15.0 Å². The highest BCUT2D eigenvalue weighted by Gasteiger charge is 2.32. The van der Waals surface area contributed by atoms with Crippen LogP contribution < -0.4 is 0 Å². The van der Waals surface area contributed by atoms with Crippen molar-refractivity contribution in [2.75, 3.05) is 13.6 Å². The average molecular weight is 387 g/mol. The van der Waals surface area contributed by atoms with Crippen LogP contribution in [-0.2, 0) is 12.1 Å². The SMILES string of the molecule is CN1CCC(CC(C)(O)c2ccc(F)cc2)c2[nH]c3ccc(Cl)cc3c2C1. The molecule has 142 valence electrons. The summed E-state index contributed by atoms with van der Waals surface area (Å²) in [6.45, 7) is 3.62. The average Bonchev–Trinajstić information content (AvgIpc) is 2.89. The number of fused-ring (bicyclic) bond motifs is 3. The molecule has 3 aromatic rings. The molecule has 2 N–H and O–H groups in total. The molecule has 0 bridgehead atoms. The normalized spacial score (nSPS) is 20.3. The van der Waals surface area contributed by atoms with E-state index in [1.807, 2.05) is 25.1 Å². The second kappa shape index (κ2) is 6.93. The molecule has 27 heavy (non-hydrogen) atoms. The second-order valence-corrected chi connectivity index (χ2v) is 8.35. The molecular weight excluding hydrogens is 363 g/mol. The summed E-state index contributed by atoms with van der Waals surface area (Å²) < 4.78 is 13.3. The first-order chi connectivity index (χ1) is 12.8. The van der Waals surface area contributed by atoms with Crippen molar-refractivity contribution in [3.05, 3.63) is 70.1 Å². The van der Waals surface area contributed by atoms with E-state index >= 15 is 0 Å². The Balaban J connectivity index is 1.73. The summed E-state index contributed by atoms with van der Waals surface area (Å²) in [5.41, 5.74) is 3.22. The first-order valence-electron chi connectivity index (χ1n) is 9.30. The molecule has 1 aromatic heterocycles. The molecule has 4 rings (SSSR count). The van der Waals surface area contributed by atoms with Crippen molar-refractivity contribution < 1.29 is 9.50 Å². The van der Waals surface area contributed by atoms with Crippen LogP contribution in [0.3, 0.4) is 0 Å². The second-order valence-electron chi connectivity index (χ2n) is 7.92. The number of rotatable bonds is 3. The van der Waals surface area contributed by atoms with Gasteiger partial charge in [0.15, 0.2) is 0 Å². The van der Waals surface area contributed by atoms with Crippen molar-refractivity contribution in [2.24, 2.45) is 0 Å². The molecule has 5 heteroatoms. The van der Waals surface area contributed by atoms with Crippen molar-refractivity contribution in [1.82, 2.24) is 9.88 Å². The van der Waals surface area contributed by atoms with E-state index in [2.05, 4.69) is 16.9 Å². The van der Waals surface area contributed by atoms with Crippen LogP contribution in [-0.4, -0.2) is 28.6 Å². The fourth-order valence-electron chi connectivity index (χ4n) is 4.24. The minimum absolute atomic E-state index is 0.177. The van der Waals surface area contributed by atoms with E-state index in [0.29, 0.717) is 6.42 Å². The lowest BCUT2D eigenvalue weighted by atomic mass is 9.82. The zero-order valence-corrected chi connectivity index (χ0v) is 16.4. The fourth-order valence-corrected chi connectivity index (χ4v) is 4.41. The molecule has 0 fully saturated rings. The number of aromatic nitrogens is 1. The van der Waals surface area contributed by atoms with Crippen molar-refractivity contribution in [1.29, 1.82) is 0 Å². The van der Waals surface area contributed by atoms with Gasteiger partial charge in [0.25, 0.3) is 0 Å². The lowest BCUT2D eigenvalue weighted by Gasteiger charge is -2.29. The Morgan fingerprint density at radius 3 is 2.74 bits per heavy atom. The number of hydrogen-bond acceptors (Lipinski definition) is 2. The summed E-state index contributed by atoms with van der Waals surface area (Å²) in [4.78, 5) is 5.89. The van der Waals surface area contributed by atoms with Crippen LogP contribution in [0.1, 0.15) is 42.5 Å². The van der Waals surface area contributed by atoms with E-state index < -0.39 is 5.60 Å². The van der Waals surface area contributed by atoms with E-state index in [9.17, 15) is 9.50 Å². The lowest BCUT2D eigenvalue weighted by Crippen LogP contribution is -2.25. The Kier molecular flexibility index (Phi) is 4.75. The van der Waals surface area contributed by atoms with Gasteiger partial charge in [-0.05, 0) is 74.8 Å². The molecule has 3 nitrogen and oxygen atoms in total. The standard InChI is InChI=1S/C22H24ClFN2O/c1-22(27,15-3-6-17(24)7-4-15)12-14-9-10-26(2)13-19-18-11-16(23)5-8-20(18)25-21(14)19/h3-8,11,14,25,27H,9-10,12-13H2,1-2H3. The predicted molar refractivity (Wildman–Crippen MR) is 108 cm³/mol. The van der Waals surface area contributed by atoms with Crippen molar-refractivity contribution in [2.45, 2.75) is 37.8 Å². The third kappa shape index (κ3) is 3.62. The van der Waals surface area contributed by atoms with Gasteiger partial charge in [-0.25, -0.2) is 4.39 Å². The summed E-state index contributed by atoms with van der Waals surface area (Å²) in [5.74, 6) is -0.114. The third-order valence-electron chi connectivity index (χ3n) is 5.71. The Bertz CT molecular complexity index is 964. The molecule has 2 atom stereocenters. The lowest BCUT2D eigenvalue weighted by molar-refractivity contribution is 0.0381. The number of nitrogens with one attached hydrogen (secondary N) is 1. The number of benzene rings is 2. The molecule has 1 aliphatic heterocycles. The topological polar surface area (TPSA) is 39.3 Å². The molecule has 0 saturated carbocycles. The molecule has 2 unspecified atom stereocenters. The van der Waals surface area contributed by atoms with Gasteiger partial charge in [0.05, 0.1) is 5.60 Å². The van der Waals surface area contributed by atoms with E-state index in [4.69, 9.17) is 11.6 Å². The van der Waals surface area contributed by atoms with Gasteiger partial charge in [-0.15, -0.1) is 0 Å². The number of H-pyrrole nitrogens is 1. The van der Waals surface area contributed by atoms with Gasteiger partial charge in [0.2, 0.25) is 0 Å². The fraction of sp³-hybridized carbons (Fsp3) is 0.364. The summed E-state index contributed by atoms with van der Waals surface area (Å²) in [7, 11) is 2.12. The quantitative estimate of drug-likeness (QED) is 0.651. The van der Waals surface area contributed by atoms with Crippen LogP contribution in [0.25, 0.3) is 10.9 Å². The van der Waals surface area contributed by atoms with Crippen LogP contribution in [0.4, 0.5) is 4.39 Å². The molecular formula is C22H24ClFN2O. The summed E-state index contributed by atoms with van der Waals surface area (Å²) in [5, 5.41) is 13.0. The van der Waals surface area contributed by atoms with E-state index in [1.54, 1.807) is 12.1 Å². The molecule has 0 amide bonds. The summed E-state index contributed by atoms with van der Waals surface area (Å²) in [6.07, 6.45) is 1.52.